The van der Waals surface area contributed by atoms with Crippen LogP contribution in [-0.2, 0) is 11.3 Å². The number of carbonyl (C=O) groups excluding carboxylic acids is 1. The number of nitrogens with zero attached hydrogens (tertiary/aromatic N) is 2. The first kappa shape index (κ1) is 16.6. The molecule has 7 heteroatoms. The van der Waals surface area contributed by atoms with Crippen molar-refractivity contribution in [3.8, 4) is 0 Å². The summed E-state index contributed by atoms with van der Waals surface area (Å²) in [6.07, 6.45) is 0. The molecule has 0 aliphatic carbocycles. The second-order valence-electron chi connectivity index (χ2n) is 6.11. The first-order chi connectivity index (χ1) is 12.5. The monoisotopic (exact) mass is 369 g/mol. The Morgan fingerprint density at radius 1 is 1.35 bits per heavy atom. The Balaban J connectivity index is 2.05. The van der Waals surface area contributed by atoms with Gasteiger partial charge in [-0.15, -0.1) is 0 Å². The zero-order valence-corrected chi connectivity index (χ0v) is 15.1. The predicted molar refractivity (Wildman–Crippen MR) is 101 cm³/mol. The van der Waals surface area contributed by atoms with E-state index < -0.39 is 5.97 Å². The van der Waals surface area contributed by atoms with E-state index in [0.29, 0.717) is 34.0 Å². The van der Waals surface area contributed by atoms with Crippen LogP contribution < -0.4 is 10.9 Å². The smallest absolute Gasteiger partial charge is 0.344 e. The van der Waals surface area contributed by atoms with E-state index in [0.717, 1.165) is 11.3 Å². The lowest BCUT2D eigenvalue weighted by Crippen LogP contribution is -2.30. The predicted octanol–water partition coefficient (Wildman–Crippen LogP) is 3.64. The summed E-state index contributed by atoms with van der Waals surface area (Å²) in [5.74, 6) is -0.133. The SMILES string of the molecule is CCOC(=O)c1c2n(c(=O)c3ccc(C)nc13)Cc1ccc(Cl)cc1N2. The fraction of sp³-hybridized carbons (Fsp3) is 0.211. The van der Waals surface area contributed by atoms with Gasteiger partial charge >= 0.3 is 5.97 Å². The van der Waals surface area contributed by atoms with Crippen molar-refractivity contribution in [2.75, 3.05) is 11.9 Å². The lowest BCUT2D eigenvalue weighted by atomic mass is 10.1. The number of halogens is 1. The standard InChI is InChI=1S/C19H16ClN3O3/c1-3-26-19(25)15-16-13(7-4-10(2)21-16)18(24)23-9-11-5-6-12(20)8-14(11)22-17(15)23/h4-8,22H,3,9H2,1-2H3. The van der Waals surface area contributed by atoms with Crippen LogP contribution in [0.1, 0.15) is 28.5 Å². The normalized spacial score (nSPS) is 12.3. The van der Waals surface area contributed by atoms with E-state index in [4.69, 9.17) is 16.3 Å². The van der Waals surface area contributed by atoms with Gasteiger partial charge in [0.15, 0.2) is 0 Å². The summed E-state index contributed by atoms with van der Waals surface area (Å²) in [6, 6.07) is 8.87. The van der Waals surface area contributed by atoms with E-state index in [1.165, 1.54) is 0 Å². The molecule has 1 aromatic carbocycles. The molecule has 132 valence electrons. The topological polar surface area (TPSA) is 73.2 Å². The largest absolute Gasteiger partial charge is 0.462 e. The van der Waals surface area contributed by atoms with Crippen molar-refractivity contribution in [2.24, 2.45) is 0 Å². The second-order valence-corrected chi connectivity index (χ2v) is 6.55. The minimum Gasteiger partial charge on any atom is -0.462 e. The molecule has 0 saturated carbocycles. The first-order valence-corrected chi connectivity index (χ1v) is 8.64. The molecule has 2 aromatic heterocycles. The zero-order chi connectivity index (χ0) is 18.4. The van der Waals surface area contributed by atoms with Crippen molar-refractivity contribution in [2.45, 2.75) is 20.4 Å². The van der Waals surface area contributed by atoms with E-state index in [1.807, 2.05) is 13.0 Å². The van der Waals surface area contributed by atoms with Crippen molar-refractivity contribution >= 4 is 40.0 Å². The molecule has 1 N–H and O–H groups in total. The highest BCUT2D eigenvalue weighted by Crippen LogP contribution is 2.34. The molecule has 0 atom stereocenters. The Kier molecular flexibility index (Phi) is 3.92. The number of fused-ring (bicyclic) bond motifs is 3. The zero-order valence-electron chi connectivity index (χ0n) is 14.3. The van der Waals surface area contributed by atoms with Crippen molar-refractivity contribution in [3.05, 3.63) is 62.5 Å². The van der Waals surface area contributed by atoms with Crippen LogP contribution in [0, 0.1) is 6.92 Å². The maximum absolute atomic E-state index is 13.0. The maximum Gasteiger partial charge on any atom is 0.344 e. The number of anilines is 2. The number of aromatic nitrogens is 2. The molecule has 1 aliphatic heterocycles. The number of hydrogen-bond donors (Lipinski definition) is 1. The minimum atomic E-state index is -0.516. The fourth-order valence-electron chi connectivity index (χ4n) is 3.19. The lowest BCUT2D eigenvalue weighted by Gasteiger charge is -2.26. The molecule has 3 heterocycles. The van der Waals surface area contributed by atoms with Crippen LogP contribution in [-0.4, -0.2) is 22.1 Å². The molecular weight excluding hydrogens is 354 g/mol. The molecule has 0 fully saturated rings. The molecule has 3 aromatic rings. The summed E-state index contributed by atoms with van der Waals surface area (Å²) in [5.41, 5.74) is 2.79. The second kappa shape index (κ2) is 6.14. The Morgan fingerprint density at radius 2 is 2.15 bits per heavy atom. The van der Waals surface area contributed by atoms with Crippen LogP contribution in [0.4, 0.5) is 11.5 Å². The molecular formula is C19H16ClN3O3. The Hall–Kier alpha value is -2.86. The number of nitrogens with one attached hydrogen (secondary N) is 1. The van der Waals surface area contributed by atoms with E-state index in [9.17, 15) is 9.59 Å². The van der Waals surface area contributed by atoms with Gasteiger partial charge in [0.25, 0.3) is 5.56 Å². The number of carbonyl (C=O) groups is 1. The highest BCUT2D eigenvalue weighted by Gasteiger charge is 2.27. The number of ether oxygens (including phenoxy) is 1. The summed E-state index contributed by atoms with van der Waals surface area (Å²) >= 11 is 6.09. The van der Waals surface area contributed by atoms with Crippen molar-refractivity contribution in [1.82, 2.24) is 9.55 Å². The van der Waals surface area contributed by atoms with Gasteiger partial charge in [-0.05, 0) is 43.7 Å². The molecule has 0 radical (unpaired) electrons. The Morgan fingerprint density at radius 3 is 2.92 bits per heavy atom. The molecule has 4 rings (SSSR count). The Labute approximate surface area is 154 Å². The van der Waals surface area contributed by atoms with Gasteiger partial charge in [-0.2, -0.15) is 0 Å². The van der Waals surface area contributed by atoms with Gasteiger partial charge in [0.2, 0.25) is 0 Å². The molecule has 1 aliphatic rings. The van der Waals surface area contributed by atoms with Crippen LogP contribution in [0.5, 0.6) is 0 Å². The maximum atomic E-state index is 13.0. The number of pyridine rings is 2. The van der Waals surface area contributed by atoms with E-state index in [2.05, 4.69) is 10.3 Å². The average molecular weight is 370 g/mol. The quantitative estimate of drug-likeness (QED) is 0.546. The van der Waals surface area contributed by atoms with Gasteiger partial charge < -0.3 is 10.1 Å². The molecule has 0 amide bonds. The molecule has 6 nitrogen and oxygen atoms in total. The molecule has 0 unspecified atom stereocenters. The third-order valence-electron chi connectivity index (χ3n) is 4.39. The minimum absolute atomic E-state index is 0.205. The third kappa shape index (κ3) is 2.54. The van der Waals surface area contributed by atoms with Gasteiger partial charge in [0.05, 0.1) is 24.1 Å². The highest BCUT2D eigenvalue weighted by atomic mass is 35.5. The van der Waals surface area contributed by atoms with Crippen molar-refractivity contribution in [3.63, 3.8) is 0 Å². The van der Waals surface area contributed by atoms with Crippen LogP contribution in [0.25, 0.3) is 10.9 Å². The molecule has 0 spiro atoms. The number of benzene rings is 1. The summed E-state index contributed by atoms with van der Waals surface area (Å²) in [5, 5.41) is 4.14. The summed E-state index contributed by atoms with van der Waals surface area (Å²) in [4.78, 5) is 30.1. The number of aryl methyl sites for hydroxylation is 1. The van der Waals surface area contributed by atoms with Gasteiger partial charge in [0.1, 0.15) is 11.4 Å². The van der Waals surface area contributed by atoms with Gasteiger partial charge in [-0.25, -0.2) is 4.79 Å². The lowest BCUT2D eigenvalue weighted by molar-refractivity contribution is 0.0529. The number of hydrogen-bond acceptors (Lipinski definition) is 5. The highest BCUT2D eigenvalue weighted by molar-refractivity contribution is 6.31. The summed E-state index contributed by atoms with van der Waals surface area (Å²) in [7, 11) is 0. The summed E-state index contributed by atoms with van der Waals surface area (Å²) < 4.78 is 6.78. The third-order valence-corrected chi connectivity index (χ3v) is 4.62. The van der Waals surface area contributed by atoms with Gasteiger partial charge in [0, 0.05) is 16.4 Å². The van der Waals surface area contributed by atoms with Crippen LogP contribution in [0.2, 0.25) is 5.02 Å². The summed E-state index contributed by atoms with van der Waals surface area (Å²) in [6.45, 7) is 4.12. The van der Waals surface area contributed by atoms with Gasteiger partial charge in [-0.3, -0.25) is 14.3 Å². The molecule has 26 heavy (non-hydrogen) atoms. The number of rotatable bonds is 2. The average Bonchev–Trinajstić information content (AvgIpc) is 2.60. The van der Waals surface area contributed by atoms with Crippen LogP contribution in [0.15, 0.2) is 35.1 Å². The Bertz CT molecular complexity index is 1120. The van der Waals surface area contributed by atoms with E-state index in [-0.39, 0.29) is 17.7 Å². The molecule has 0 saturated heterocycles. The fourth-order valence-corrected chi connectivity index (χ4v) is 3.36. The van der Waals surface area contributed by atoms with E-state index in [1.54, 1.807) is 35.8 Å². The van der Waals surface area contributed by atoms with E-state index >= 15 is 0 Å². The van der Waals surface area contributed by atoms with Gasteiger partial charge in [-0.1, -0.05) is 17.7 Å². The van der Waals surface area contributed by atoms with Crippen LogP contribution in [0.3, 0.4) is 0 Å². The van der Waals surface area contributed by atoms with Crippen LogP contribution >= 0.6 is 11.6 Å². The van der Waals surface area contributed by atoms with Crippen molar-refractivity contribution < 1.29 is 9.53 Å². The first-order valence-electron chi connectivity index (χ1n) is 8.26. The molecule has 0 bridgehead atoms. The number of esters is 1. The van der Waals surface area contributed by atoms with Crippen molar-refractivity contribution in [1.29, 1.82) is 0 Å².